The molecule has 0 bridgehead atoms. The third kappa shape index (κ3) is 7.01. The maximum absolute atomic E-state index is 11.2. The fraction of sp³-hybridized carbons (Fsp3) is 0.600. The Kier molecular flexibility index (Phi) is 8.17. The molecule has 5 nitrogen and oxygen atoms in total. The van der Waals surface area contributed by atoms with E-state index in [2.05, 4.69) is 16.6 Å². The monoisotopic (exact) mass is 244 g/mol. The van der Waals surface area contributed by atoms with Crippen molar-refractivity contribution >= 4 is 23.8 Å². The van der Waals surface area contributed by atoms with Crippen molar-refractivity contribution in [3.8, 4) is 12.3 Å². The smallest absolute Gasteiger partial charge is 0.326 e. The summed E-state index contributed by atoms with van der Waals surface area (Å²) in [5.74, 6) is 2.03. The third-order valence-corrected chi connectivity index (χ3v) is 2.41. The van der Waals surface area contributed by atoms with Gasteiger partial charge in [0.1, 0.15) is 6.04 Å². The summed E-state index contributed by atoms with van der Waals surface area (Å²) in [7, 11) is 0. The van der Waals surface area contributed by atoms with Crippen LogP contribution in [0, 0.1) is 12.3 Å². The molecule has 6 heteroatoms. The number of amides is 2. The van der Waals surface area contributed by atoms with E-state index in [-0.39, 0.29) is 0 Å². The zero-order valence-corrected chi connectivity index (χ0v) is 9.97. The molecular formula is C10H16N2O3S. The Bertz CT molecular complexity index is 276. The van der Waals surface area contributed by atoms with Gasteiger partial charge in [-0.05, 0) is 18.4 Å². The highest BCUT2D eigenvalue weighted by Crippen LogP contribution is 2.00. The van der Waals surface area contributed by atoms with Crippen molar-refractivity contribution in [3.05, 3.63) is 0 Å². The van der Waals surface area contributed by atoms with Gasteiger partial charge in [-0.25, -0.2) is 9.59 Å². The predicted octanol–water partition coefficient (Wildman–Crippen LogP) is 0.515. The van der Waals surface area contributed by atoms with E-state index >= 15 is 0 Å². The Morgan fingerprint density at radius 3 is 2.75 bits per heavy atom. The molecule has 0 aliphatic rings. The topological polar surface area (TPSA) is 78.4 Å². The highest BCUT2D eigenvalue weighted by atomic mass is 32.2. The second-order valence-corrected chi connectivity index (χ2v) is 4.01. The molecule has 0 radical (unpaired) electrons. The van der Waals surface area contributed by atoms with Crippen LogP contribution < -0.4 is 10.6 Å². The van der Waals surface area contributed by atoms with Gasteiger partial charge in [0.15, 0.2) is 0 Å². The molecular weight excluding hydrogens is 228 g/mol. The zero-order chi connectivity index (χ0) is 12.4. The predicted molar refractivity (Wildman–Crippen MR) is 64.4 cm³/mol. The van der Waals surface area contributed by atoms with Gasteiger partial charge in [-0.15, -0.1) is 12.3 Å². The first-order valence-electron chi connectivity index (χ1n) is 4.81. The van der Waals surface area contributed by atoms with Gasteiger partial charge in [0.25, 0.3) is 0 Å². The Balaban J connectivity index is 3.94. The fourth-order valence-electron chi connectivity index (χ4n) is 0.951. The van der Waals surface area contributed by atoms with Crippen molar-refractivity contribution in [2.24, 2.45) is 0 Å². The number of nitrogens with one attached hydrogen (secondary N) is 2. The lowest BCUT2D eigenvalue weighted by Crippen LogP contribution is -2.46. The van der Waals surface area contributed by atoms with Crippen molar-refractivity contribution in [3.63, 3.8) is 0 Å². The summed E-state index contributed by atoms with van der Waals surface area (Å²) in [5, 5.41) is 13.7. The molecule has 0 aliphatic carbocycles. The second kappa shape index (κ2) is 8.92. The lowest BCUT2D eigenvalue weighted by molar-refractivity contribution is -0.139. The van der Waals surface area contributed by atoms with Gasteiger partial charge in [0.05, 0.1) is 0 Å². The average molecular weight is 244 g/mol. The van der Waals surface area contributed by atoms with E-state index in [4.69, 9.17) is 11.5 Å². The first kappa shape index (κ1) is 14.6. The van der Waals surface area contributed by atoms with Crippen LogP contribution in [0.3, 0.4) is 0 Å². The quantitative estimate of drug-likeness (QED) is 0.450. The van der Waals surface area contributed by atoms with E-state index in [1.807, 2.05) is 6.26 Å². The minimum Gasteiger partial charge on any atom is -0.480 e. The summed E-state index contributed by atoms with van der Waals surface area (Å²) in [6.45, 7) is 0.344. The Morgan fingerprint density at radius 2 is 2.25 bits per heavy atom. The molecule has 0 heterocycles. The number of carboxylic acid groups (broad SMARTS) is 1. The number of carbonyl (C=O) groups is 2. The molecule has 0 spiro atoms. The number of terminal acetylenes is 1. The molecule has 0 rings (SSSR count). The maximum atomic E-state index is 11.2. The standard InChI is InChI=1S/C10H16N2O3S/c1-3-4-6-11-10(15)12-8(9(13)14)5-7-16-2/h1,8H,4-7H2,2H3,(H,13,14)(H2,11,12,15). The summed E-state index contributed by atoms with van der Waals surface area (Å²) in [5.41, 5.74) is 0. The lowest BCUT2D eigenvalue weighted by Gasteiger charge is -2.14. The molecule has 3 N–H and O–H groups in total. The van der Waals surface area contributed by atoms with Gasteiger partial charge >= 0.3 is 12.0 Å². The highest BCUT2D eigenvalue weighted by Gasteiger charge is 2.18. The molecule has 0 aromatic heterocycles. The number of rotatable bonds is 7. The van der Waals surface area contributed by atoms with Crippen LogP contribution in [0.15, 0.2) is 0 Å². The van der Waals surface area contributed by atoms with Crippen LogP contribution in [0.4, 0.5) is 4.79 Å². The summed E-state index contributed by atoms with van der Waals surface area (Å²) in [6, 6.07) is -1.35. The van der Waals surface area contributed by atoms with E-state index in [0.29, 0.717) is 25.1 Å². The molecule has 0 aromatic rings. The number of hydrogen-bond acceptors (Lipinski definition) is 3. The van der Waals surface area contributed by atoms with E-state index in [9.17, 15) is 9.59 Å². The van der Waals surface area contributed by atoms with Crippen molar-refractivity contribution < 1.29 is 14.7 Å². The third-order valence-electron chi connectivity index (χ3n) is 1.77. The molecule has 0 saturated carbocycles. The van der Waals surface area contributed by atoms with Gasteiger partial charge in [-0.2, -0.15) is 11.8 Å². The molecule has 90 valence electrons. The van der Waals surface area contributed by atoms with Crippen molar-refractivity contribution in [2.75, 3.05) is 18.6 Å². The van der Waals surface area contributed by atoms with Crippen LogP contribution in [0.1, 0.15) is 12.8 Å². The summed E-state index contributed by atoms with van der Waals surface area (Å²) >= 11 is 1.53. The largest absolute Gasteiger partial charge is 0.480 e. The number of carbonyl (C=O) groups excluding carboxylic acids is 1. The molecule has 16 heavy (non-hydrogen) atoms. The Labute approximate surface area is 99.4 Å². The number of hydrogen-bond donors (Lipinski definition) is 3. The van der Waals surface area contributed by atoms with Gasteiger partial charge in [-0.1, -0.05) is 0 Å². The van der Waals surface area contributed by atoms with Gasteiger partial charge in [0.2, 0.25) is 0 Å². The fourth-order valence-corrected chi connectivity index (χ4v) is 1.42. The molecule has 0 fully saturated rings. The Morgan fingerprint density at radius 1 is 1.56 bits per heavy atom. The van der Waals surface area contributed by atoms with Crippen LogP contribution in [-0.2, 0) is 4.79 Å². The lowest BCUT2D eigenvalue weighted by atomic mass is 10.2. The minimum atomic E-state index is -1.03. The van der Waals surface area contributed by atoms with Crippen LogP contribution in [-0.4, -0.2) is 41.7 Å². The van der Waals surface area contributed by atoms with Gasteiger partial charge in [0, 0.05) is 13.0 Å². The van der Waals surface area contributed by atoms with Crippen molar-refractivity contribution in [1.82, 2.24) is 10.6 Å². The first-order chi connectivity index (χ1) is 7.61. The zero-order valence-electron chi connectivity index (χ0n) is 9.16. The maximum Gasteiger partial charge on any atom is 0.326 e. The minimum absolute atomic E-state index is 0.344. The normalized spacial score (nSPS) is 11.2. The molecule has 0 aliphatic heterocycles. The molecule has 2 amide bonds. The van der Waals surface area contributed by atoms with Crippen molar-refractivity contribution in [2.45, 2.75) is 18.9 Å². The van der Waals surface area contributed by atoms with Gasteiger partial charge in [-0.3, -0.25) is 0 Å². The van der Waals surface area contributed by atoms with E-state index in [1.54, 1.807) is 0 Å². The van der Waals surface area contributed by atoms with Crippen LogP contribution >= 0.6 is 11.8 Å². The van der Waals surface area contributed by atoms with Crippen LogP contribution in [0.25, 0.3) is 0 Å². The molecule has 1 atom stereocenters. The van der Waals surface area contributed by atoms with E-state index in [0.717, 1.165) is 0 Å². The number of carboxylic acids is 1. The number of urea groups is 1. The summed E-state index contributed by atoms with van der Waals surface area (Å²) in [4.78, 5) is 22.0. The SMILES string of the molecule is C#CCCNC(=O)NC(CCSC)C(=O)O. The first-order valence-corrected chi connectivity index (χ1v) is 6.20. The highest BCUT2D eigenvalue weighted by molar-refractivity contribution is 7.98. The van der Waals surface area contributed by atoms with Crippen LogP contribution in [0.2, 0.25) is 0 Å². The number of thioether (sulfide) groups is 1. The summed E-state index contributed by atoms with van der Waals surface area (Å²) in [6.07, 6.45) is 7.72. The molecule has 1 unspecified atom stereocenters. The average Bonchev–Trinajstić information content (AvgIpc) is 2.24. The van der Waals surface area contributed by atoms with Crippen molar-refractivity contribution in [1.29, 1.82) is 0 Å². The second-order valence-electron chi connectivity index (χ2n) is 3.03. The molecule has 0 saturated heterocycles. The Hall–Kier alpha value is -1.35. The van der Waals surface area contributed by atoms with Crippen LogP contribution in [0.5, 0.6) is 0 Å². The molecule has 0 aromatic carbocycles. The summed E-state index contributed by atoms with van der Waals surface area (Å²) < 4.78 is 0. The van der Waals surface area contributed by atoms with E-state index < -0.39 is 18.0 Å². The number of aliphatic carboxylic acids is 1. The van der Waals surface area contributed by atoms with E-state index in [1.165, 1.54) is 11.8 Å². The van der Waals surface area contributed by atoms with Gasteiger partial charge < -0.3 is 15.7 Å².